The van der Waals surface area contributed by atoms with Crippen LogP contribution in [0.1, 0.15) is 6.42 Å². The molecule has 88 valence electrons. The van der Waals surface area contributed by atoms with Gasteiger partial charge in [-0.3, -0.25) is 0 Å². The average molecular weight is 261 g/mol. The van der Waals surface area contributed by atoms with Gasteiger partial charge in [0.05, 0.1) is 10.3 Å². The standard InChI is InChI=1S/C10H13ClN2O2S/c1-16(14,15)9-4-5-13(7-9)10-3-2-8(11)6-12-10/h2-3,6,9H,4-5,7H2,1H3. The minimum absolute atomic E-state index is 0.273. The maximum atomic E-state index is 11.4. The predicted octanol–water partition coefficient (Wildman–Crippen LogP) is 1.36. The number of hydrogen-bond acceptors (Lipinski definition) is 4. The van der Waals surface area contributed by atoms with E-state index in [0.717, 1.165) is 12.4 Å². The van der Waals surface area contributed by atoms with Gasteiger partial charge in [0, 0.05) is 25.5 Å². The summed E-state index contributed by atoms with van der Waals surface area (Å²) in [6.07, 6.45) is 3.53. The van der Waals surface area contributed by atoms with Crippen LogP contribution in [0.5, 0.6) is 0 Å². The van der Waals surface area contributed by atoms with Crippen molar-refractivity contribution in [3.63, 3.8) is 0 Å². The Balaban J connectivity index is 2.12. The maximum Gasteiger partial charge on any atom is 0.152 e. The molecule has 1 atom stereocenters. The van der Waals surface area contributed by atoms with E-state index < -0.39 is 9.84 Å². The summed E-state index contributed by atoms with van der Waals surface area (Å²) < 4.78 is 22.8. The van der Waals surface area contributed by atoms with E-state index >= 15 is 0 Å². The number of halogens is 1. The van der Waals surface area contributed by atoms with Crippen molar-refractivity contribution in [1.82, 2.24) is 4.98 Å². The molecule has 2 heterocycles. The molecule has 4 nitrogen and oxygen atoms in total. The van der Waals surface area contributed by atoms with Crippen LogP contribution in [0.4, 0.5) is 5.82 Å². The molecule has 1 aromatic rings. The minimum Gasteiger partial charge on any atom is -0.355 e. The Hall–Kier alpha value is -0.810. The largest absolute Gasteiger partial charge is 0.355 e. The summed E-state index contributed by atoms with van der Waals surface area (Å²) in [4.78, 5) is 6.15. The zero-order valence-corrected chi connectivity index (χ0v) is 10.5. The zero-order valence-electron chi connectivity index (χ0n) is 8.93. The zero-order chi connectivity index (χ0) is 11.8. The summed E-state index contributed by atoms with van der Waals surface area (Å²) in [6, 6.07) is 3.57. The van der Waals surface area contributed by atoms with Gasteiger partial charge in [-0.05, 0) is 18.6 Å². The molecule has 2 rings (SSSR count). The van der Waals surface area contributed by atoms with Crippen LogP contribution in [0.25, 0.3) is 0 Å². The Labute approximate surface area is 100 Å². The predicted molar refractivity (Wildman–Crippen MR) is 64.7 cm³/mol. The van der Waals surface area contributed by atoms with Crippen molar-refractivity contribution < 1.29 is 8.42 Å². The first kappa shape index (κ1) is 11.7. The van der Waals surface area contributed by atoms with E-state index in [1.165, 1.54) is 6.26 Å². The second-order valence-electron chi connectivity index (χ2n) is 4.02. The van der Waals surface area contributed by atoms with Crippen molar-refractivity contribution in [3.05, 3.63) is 23.4 Å². The Kier molecular flexibility index (Phi) is 3.08. The molecule has 1 saturated heterocycles. The second-order valence-corrected chi connectivity index (χ2v) is 6.78. The third-order valence-electron chi connectivity index (χ3n) is 2.79. The normalized spacial score (nSPS) is 21.4. The van der Waals surface area contributed by atoms with Crippen LogP contribution in [0, 0.1) is 0 Å². The van der Waals surface area contributed by atoms with Crippen LogP contribution < -0.4 is 4.90 Å². The molecule has 6 heteroatoms. The number of anilines is 1. The molecule has 1 unspecified atom stereocenters. The van der Waals surface area contributed by atoms with Gasteiger partial charge in [0.2, 0.25) is 0 Å². The Morgan fingerprint density at radius 1 is 1.50 bits per heavy atom. The lowest BCUT2D eigenvalue weighted by molar-refractivity contribution is 0.589. The van der Waals surface area contributed by atoms with Crippen LogP contribution in [-0.2, 0) is 9.84 Å². The SMILES string of the molecule is CS(=O)(=O)C1CCN(c2ccc(Cl)cn2)C1. The number of sulfone groups is 1. The topological polar surface area (TPSA) is 50.3 Å². The fraction of sp³-hybridized carbons (Fsp3) is 0.500. The summed E-state index contributed by atoms with van der Waals surface area (Å²) in [7, 11) is -2.95. The van der Waals surface area contributed by atoms with Gasteiger partial charge in [0.15, 0.2) is 9.84 Å². The first-order valence-electron chi connectivity index (χ1n) is 5.02. The summed E-state index contributed by atoms with van der Waals surface area (Å²) in [5.41, 5.74) is 0. The lowest BCUT2D eigenvalue weighted by atomic mass is 10.4. The lowest BCUT2D eigenvalue weighted by Gasteiger charge is -2.16. The van der Waals surface area contributed by atoms with Crippen LogP contribution in [0.2, 0.25) is 5.02 Å². The average Bonchev–Trinajstić information content (AvgIpc) is 2.67. The third kappa shape index (κ3) is 2.47. The van der Waals surface area contributed by atoms with E-state index in [9.17, 15) is 8.42 Å². The van der Waals surface area contributed by atoms with Crippen molar-refractivity contribution in [2.24, 2.45) is 0 Å². The Bertz CT molecular complexity index is 472. The number of aromatic nitrogens is 1. The molecule has 0 saturated carbocycles. The van der Waals surface area contributed by atoms with E-state index in [2.05, 4.69) is 4.98 Å². The van der Waals surface area contributed by atoms with Crippen molar-refractivity contribution in [2.75, 3.05) is 24.2 Å². The molecule has 0 N–H and O–H groups in total. The van der Waals surface area contributed by atoms with Crippen LogP contribution in [0.3, 0.4) is 0 Å². The van der Waals surface area contributed by atoms with Crippen molar-refractivity contribution >= 4 is 27.3 Å². The molecule has 0 bridgehead atoms. The van der Waals surface area contributed by atoms with Gasteiger partial charge in [-0.25, -0.2) is 13.4 Å². The second kappa shape index (κ2) is 4.22. The summed E-state index contributed by atoms with van der Waals surface area (Å²) in [6.45, 7) is 1.25. The summed E-state index contributed by atoms with van der Waals surface area (Å²) in [5, 5.41) is 0.313. The highest BCUT2D eigenvalue weighted by Gasteiger charge is 2.30. The molecule has 1 aliphatic rings. The number of nitrogens with zero attached hydrogens (tertiary/aromatic N) is 2. The highest BCUT2D eigenvalue weighted by atomic mass is 35.5. The molecule has 1 aromatic heterocycles. The summed E-state index contributed by atoms with van der Waals surface area (Å²) >= 11 is 5.74. The van der Waals surface area contributed by atoms with E-state index in [0.29, 0.717) is 18.0 Å². The molecule has 1 aliphatic heterocycles. The fourth-order valence-electron chi connectivity index (χ4n) is 1.84. The molecule has 0 aromatic carbocycles. The van der Waals surface area contributed by atoms with Crippen molar-refractivity contribution in [2.45, 2.75) is 11.7 Å². The van der Waals surface area contributed by atoms with Crippen molar-refractivity contribution in [1.29, 1.82) is 0 Å². The fourth-order valence-corrected chi connectivity index (χ4v) is 2.94. The third-order valence-corrected chi connectivity index (χ3v) is 4.61. The smallest absolute Gasteiger partial charge is 0.152 e. The maximum absolute atomic E-state index is 11.4. The number of pyridine rings is 1. The monoisotopic (exact) mass is 260 g/mol. The van der Waals surface area contributed by atoms with Gasteiger partial charge >= 0.3 is 0 Å². The van der Waals surface area contributed by atoms with E-state index in [1.807, 2.05) is 11.0 Å². The van der Waals surface area contributed by atoms with E-state index in [-0.39, 0.29) is 5.25 Å². The Morgan fingerprint density at radius 2 is 2.25 bits per heavy atom. The van der Waals surface area contributed by atoms with E-state index in [4.69, 9.17) is 11.6 Å². The molecule has 0 amide bonds. The van der Waals surface area contributed by atoms with E-state index in [1.54, 1.807) is 12.3 Å². The van der Waals surface area contributed by atoms with Gasteiger partial charge in [-0.15, -0.1) is 0 Å². The van der Waals surface area contributed by atoms with Gasteiger partial charge in [-0.1, -0.05) is 11.6 Å². The van der Waals surface area contributed by atoms with Crippen LogP contribution in [0.15, 0.2) is 18.3 Å². The quantitative estimate of drug-likeness (QED) is 0.806. The van der Waals surface area contributed by atoms with Gasteiger partial charge in [0.25, 0.3) is 0 Å². The first-order valence-corrected chi connectivity index (χ1v) is 7.35. The van der Waals surface area contributed by atoms with Gasteiger partial charge < -0.3 is 4.90 Å². The molecule has 1 fully saturated rings. The molecule has 16 heavy (non-hydrogen) atoms. The molecular weight excluding hydrogens is 248 g/mol. The molecular formula is C10H13ClN2O2S. The molecule has 0 aliphatic carbocycles. The highest BCUT2D eigenvalue weighted by molar-refractivity contribution is 7.91. The minimum atomic E-state index is -2.95. The molecule has 0 radical (unpaired) electrons. The number of hydrogen-bond donors (Lipinski definition) is 0. The van der Waals surface area contributed by atoms with Crippen LogP contribution >= 0.6 is 11.6 Å². The van der Waals surface area contributed by atoms with Gasteiger partial charge in [0.1, 0.15) is 5.82 Å². The van der Waals surface area contributed by atoms with Crippen LogP contribution in [-0.4, -0.2) is 38.0 Å². The summed E-state index contributed by atoms with van der Waals surface area (Å²) in [5.74, 6) is 0.788. The van der Waals surface area contributed by atoms with Gasteiger partial charge in [-0.2, -0.15) is 0 Å². The number of rotatable bonds is 2. The first-order chi connectivity index (χ1) is 7.47. The lowest BCUT2D eigenvalue weighted by Crippen LogP contribution is -2.26. The highest BCUT2D eigenvalue weighted by Crippen LogP contribution is 2.22. The Morgan fingerprint density at radius 3 is 2.75 bits per heavy atom. The molecule has 0 spiro atoms. The van der Waals surface area contributed by atoms with Crippen molar-refractivity contribution in [3.8, 4) is 0 Å².